The third kappa shape index (κ3) is 5.18. The second-order valence-corrected chi connectivity index (χ2v) is 16.2. The average molecular weight is 756 g/mol. The zero-order valence-electron chi connectivity index (χ0n) is 32.7. The smallest absolute Gasteiger partial charge is 0.178 e. The maximum atomic E-state index is 7.01. The van der Waals surface area contributed by atoms with Crippen LogP contribution in [0.3, 0.4) is 0 Å². The number of para-hydroxylation sites is 1. The number of hydrogen-bond acceptors (Lipinski definition) is 3. The summed E-state index contributed by atoms with van der Waals surface area (Å²) < 4.78 is 13.6. The van der Waals surface area contributed by atoms with E-state index in [0.29, 0.717) is 5.75 Å². The predicted octanol–water partition coefficient (Wildman–Crippen LogP) is 15.4. The first kappa shape index (κ1) is 33.6. The van der Waals surface area contributed by atoms with Gasteiger partial charge in [0.2, 0.25) is 0 Å². The molecule has 12 rings (SSSR count). The van der Waals surface area contributed by atoms with E-state index in [0.717, 1.165) is 67.6 Å². The molecule has 2 heterocycles. The van der Waals surface area contributed by atoms with Crippen molar-refractivity contribution in [3.63, 3.8) is 0 Å². The van der Waals surface area contributed by atoms with Crippen LogP contribution in [0.25, 0.3) is 88.2 Å². The van der Waals surface area contributed by atoms with E-state index in [1.807, 2.05) is 12.1 Å². The van der Waals surface area contributed by atoms with E-state index in [2.05, 4.69) is 190 Å². The molecular weight excluding hydrogens is 719 g/mol. The average Bonchev–Trinajstić information content (AvgIpc) is 3.54. The first-order valence-corrected chi connectivity index (χ1v) is 20.3. The van der Waals surface area contributed by atoms with Crippen LogP contribution in [0.2, 0.25) is 0 Å². The number of hydrogen-bond donors (Lipinski definition) is 0. The Labute approximate surface area is 342 Å². The molecule has 0 N–H and O–H groups in total. The van der Waals surface area contributed by atoms with E-state index in [1.54, 1.807) is 0 Å². The van der Waals surface area contributed by atoms with Crippen LogP contribution in [0.5, 0.6) is 23.0 Å². The van der Waals surface area contributed by atoms with Crippen LogP contribution in [-0.2, 0) is 5.41 Å². The Balaban J connectivity index is 0.992. The topological polar surface area (TPSA) is 31.4 Å². The second-order valence-electron chi connectivity index (χ2n) is 16.2. The molecule has 0 bridgehead atoms. The molecule has 59 heavy (non-hydrogen) atoms. The molecule has 2 aliphatic rings. The number of benzene rings is 9. The van der Waals surface area contributed by atoms with Gasteiger partial charge in [-0.15, -0.1) is 0 Å². The summed E-state index contributed by atoms with van der Waals surface area (Å²) in [6.45, 7) is 4.57. The number of aromatic nitrogens is 1. The molecule has 1 aromatic heterocycles. The fourth-order valence-corrected chi connectivity index (χ4v) is 9.61. The monoisotopic (exact) mass is 755 g/mol. The van der Waals surface area contributed by atoms with Gasteiger partial charge in [-0.25, -0.2) is 4.98 Å². The molecule has 0 saturated carbocycles. The van der Waals surface area contributed by atoms with Gasteiger partial charge in [0.1, 0.15) is 0 Å². The fraction of sp³-hybridized carbons (Fsp3) is 0.0536. The van der Waals surface area contributed by atoms with Gasteiger partial charge < -0.3 is 9.47 Å². The van der Waals surface area contributed by atoms with Gasteiger partial charge in [-0.3, -0.25) is 0 Å². The summed E-state index contributed by atoms with van der Waals surface area (Å²) in [5.41, 5.74) is 12.9. The highest BCUT2D eigenvalue weighted by atomic mass is 16.6. The molecule has 0 unspecified atom stereocenters. The Hall–Kier alpha value is -7.49. The maximum absolute atomic E-state index is 7.01. The molecule has 3 heteroatoms. The largest absolute Gasteiger partial charge is 0.449 e. The van der Waals surface area contributed by atoms with Crippen LogP contribution in [-0.4, -0.2) is 4.98 Å². The SMILES string of the molecule is CC1(C)c2ccccc2-c2c1ccc1c2Oc2c(cccc2-c2cccc(-c3cc(-c4ccccc4)cc(-c4ccc5c6ccccc6c6ccccc6c5c4)n3)c2)O1. The standard InChI is InChI=1S/C56H37NO2/c1-56(2)47-24-11-10-22-45(47)53-48(56)28-29-52-55(53)59-54-39(23-13-25-51(54)58-52)35-16-12-17-36(30-35)49-32-38(34-14-4-3-5-15-34)33-50(57-49)37-26-27-44-42-20-7-6-18-40(42)41-19-8-9-21-43(41)46(44)31-37/h3-33H,1-2H3. The van der Waals surface area contributed by atoms with Crippen LogP contribution in [0.1, 0.15) is 25.0 Å². The van der Waals surface area contributed by atoms with Gasteiger partial charge in [0.25, 0.3) is 0 Å². The van der Waals surface area contributed by atoms with Crippen LogP contribution in [0.4, 0.5) is 0 Å². The van der Waals surface area contributed by atoms with Crippen LogP contribution >= 0.6 is 0 Å². The van der Waals surface area contributed by atoms with E-state index in [4.69, 9.17) is 14.5 Å². The molecule has 0 radical (unpaired) electrons. The predicted molar refractivity (Wildman–Crippen MR) is 243 cm³/mol. The molecule has 0 atom stereocenters. The minimum absolute atomic E-state index is 0.145. The van der Waals surface area contributed by atoms with Crippen molar-refractivity contribution in [3.8, 4) is 78.9 Å². The summed E-state index contributed by atoms with van der Waals surface area (Å²) in [4.78, 5) is 5.42. The molecule has 10 aromatic rings. The minimum atomic E-state index is -0.145. The highest BCUT2D eigenvalue weighted by Gasteiger charge is 2.39. The van der Waals surface area contributed by atoms with E-state index in [1.165, 1.54) is 49.0 Å². The Morgan fingerprint density at radius 2 is 0.932 bits per heavy atom. The van der Waals surface area contributed by atoms with Gasteiger partial charge in [0.15, 0.2) is 23.0 Å². The van der Waals surface area contributed by atoms with Gasteiger partial charge in [-0.05, 0) is 102 Å². The van der Waals surface area contributed by atoms with Crippen molar-refractivity contribution in [2.75, 3.05) is 0 Å². The molecule has 278 valence electrons. The zero-order valence-corrected chi connectivity index (χ0v) is 32.7. The summed E-state index contributed by atoms with van der Waals surface area (Å²) in [5.74, 6) is 2.93. The summed E-state index contributed by atoms with van der Waals surface area (Å²) in [6.07, 6.45) is 0. The molecule has 1 aliphatic carbocycles. The van der Waals surface area contributed by atoms with Crippen molar-refractivity contribution in [2.45, 2.75) is 19.3 Å². The van der Waals surface area contributed by atoms with E-state index in [-0.39, 0.29) is 5.41 Å². The summed E-state index contributed by atoms with van der Waals surface area (Å²) in [6, 6.07) is 67.0. The molecule has 9 aromatic carbocycles. The third-order valence-corrected chi connectivity index (χ3v) is 12.5. The molecule has 3 nitrogen and oxygen atoms in total. The first-order chi connectivity index (χ1) is 29.0. The van der Waals surface area contributed by atoms with Crippen molar-refractivity contribution < 1.29 is 9.47 Å². The van der Waals surface area contributed by atoms with Crippen molar-refractivity contribution in [1.29, 1.82) is 0 Å². The molecule has 0 saturated heterocycles. The van der Waals surface area contributed by atoms with Gasteiger partial charge in [0.05, 0.1) is 11.4 Å². The van der Waals surface area contributed by atoms with E-state index < -0.39 is 0 Å². The number of rotatable bonds is 4. The molecule has 0 fully saturated rings. The van der Waals surface area contributed by atoms with Gasteiger partial charge in [-0.2, -0.15) is 0 Å². The Bertz CT molecular complexity index is 3330. The summed E-state index contributed by atoms with van der Waals surface area (Å²) in [5, 5.41) is 7.50. The van der Waals surface area contributed by atoms with Crippen molar-refractivity contribution in [2.24, 2.45) is 0 Å². The molecule has 0 spiro atoms. The number of fused-ring (bicyclic) bond motifs is 12. The Kier molecular flexibility index (Phi) is 7.27. The van der Waals surface area contributed by atoms with Gasteiger partial charge in [-0.1, -0.05) is 166 Å². The van der Waals surface area contributed by atoms with Gasteiger partial charge in [0, 0.05) is 27.7 Å². The lowest BCUT2D eigenvalue weighted by Crippen LogP contribution is -2.15. The van der Waals surface area contributed by atoms with Crippen LogP contribution < -0.4 is 9.47 Å². The van der Waals surface area contributed by atoms with Crippen molar-refractivity contribution in [1.82, 2.24) is 4.98 Å². The number of ether oxygens (including phenoxy) is 2. The Morgan fingerprint density at radius 3 is 1.69 bits per heavy atom. The van der Waals surface area contributed by atoms with Crippen LogP contribution in [0.15, 0.2) is 188 Å². The van der Waals surface area contributed by atoms with E-state index >= 15 is 0 Å². The van der Waals surface area contributed by atoms with Crippen LogP contribution in [0, 0.1) is 0 Å². The molecular formula is C56H37NO2. The number of pyridine rings is 1. The second kappa shape index (κ2) is 12.8. The van der Waals surface area contributed by atoms with E-state index in [9.17, 15) is 0 Å². The molecule has 1 aliphatic heterocycles. The van der Waals surface area contributed by atoms with Gasteiger partial charge >= 0.3 is 0 Å². The van der Waals surface area contributed by atoms with Crippen molar-refractivity contribution >= 4 is 32.3 Å². The summed E-state index contributed by atoms with van der Waals surface area (Å²) in [7, 11) is 0. The first-order valence-electron chi connectivity index (χ1n) is 20.3. The van der Waals surface area contributed by atoms with Crippen molar-refractivity contribution in [3.05, 3.63) is 199 Å². The summed E-state index contributed by atoms with van der Waals surface area (Å²) >= 11 is 0. The Morgan fingerprint density at radius 1 is 0.356 bits per heavy atom. The fourth-order valence-electron chi connectivity index (χ4n) is 9.61. The lowest BCUT2D eigenvalue weighted by atomic mass is 9.82. The highest BCUT2D eigenvalue weighted by Crippen LogP contribution is 2.59. The zero-order chi connectivity index (χ0) is 39.2. The normalized spacial score (nSPS) is 13.3. The lowest BCUT2D eigenvalue weighted by molar-refractivity contribution is 0.361. The highest BCUT2D eigenvalue weighted by molar-refractivity contribution is 6.25. The maximum Gasteiger partial charge on any atom is 0.178 e. The number of nitrogens with zero attached hydrogens (tertiary/aromatic N) is 1. The quantitative estimate of drug-likeness (QED) is 0.168. The minimum Gasteiger partial charge on any atom is -0.449 e. The molecule has 0 amide bonds. The lowest BCUT2D eigenvalue weighted by Gasteiger charge is -2.26. The third-order valence-electron chi connectivity index (χ3n) is 12.5.